The summed E-state index contributed by atoms with van der Waals surface area (Å²) in [6, 6.07) is 11.1. The van der Waals surface area contributed by atoms with Crippen molar-refractivity contribution in [2.24, 2.45) is 0 Å². The topological polar surface area (TPSA) is 103 Å². The Labute approximate surface area is 168 Å². The molecular weight excluding hydrogens is 402 g/mol. The second-order valence-corrected chi connectivity index (χ2v) is 9.46. The van der Waals surface area contributed by atoms with Crippen LogP contribution in [0.1, 0.15) is 6.92 Å². The van der Waals surface area contributed by atoms with Gasteiger partial charge in [-0.15, -0.1) is 0 Å². The lowest BCUT2D eigenvalue weighted by Crippen LogP contribution is -2.40. The van der Waals surface area contributed by atoms with Gasteiger partial charge in [-0.2, -0.15) is 9.04 Å². The molecule has 3 rings (SSSR count). The highest BCUT2D eigenvalue weighted by Gasteiger charge is 2.27. The standard InChI is InChI=1S/C18H21N3O5S2/c1-14(27-17-7-2-3-8-21(17)23)18(22)19-15-5-4-6-16(13-15)28(24,25)20-9-11-26-12-10-20/h2-8,13-14H,9-12H2,1H3,(H,19,22)/t14-/m0/s1. The number of aromatic nitrogens is 1. The summed E-state index contributed by atoms with van der Waals surface area (Å²) in [6.45, 7) is 3.02. The molecule has 28 heavy (non-hydrogen) atoms. The van der Waals surface area contributed by atoms with E-state index in [4.69, 9.17) is 4.74 Å². The van der Waals surface area contributed by atoms with Crippen LogP contribution in [0.4, 0.5) is 5.69 Å². The molecule has 1 aliphatic rings. The number of hydrogen-bond acceptors (Lipinski definition) is 6. The third-order valence-corrected chi connectivity index (χ3v) is 7.18. The Balaban J connectivity index is 1.70. The SMILES string of the molecule is C[C@H](Sc1cccc[n+]1[O-])C(=O)Nc1cccc(S(=O)(=O)N2CCOCC2)c1. The Bertz CT molecular complexity index is 946. The molecule has 0 bridgehead atoms. The number of hydrogen-bond donors (Lipinski definition) is 1. The number of nitrogens with one attached hydrogen (secondary N) is 1. The number of carbonyl (C=O) groups excluding carboxylic acids is 1. The number of anilines is 1. The second kappa shape index (κ2) is 8.91. The molecule has 1 saturated heterocycles. The van der Waals surface area contributed by atoms with Crippen molar-refractivity contribution in [1.29, 1.82) is 0 Å². The first kappa shape index (κ1) is 20.6. The molecular formula is C18H21N3O5S2. The van der Waals surface area contributed by atoms with Gasteiger partial charge >= 0.3 is 0 Å². The molecule has 0 spiro atoms. The minimum Gasteiger partial charge on any atom is -0.618 e. The van der Waals surface area contributed by atoms with E-state index in [-0.39, 0.29) is 10.8 Å². The van der Waals surface area contributed by atoms with Crippen LogP contribution < -0.4 is 10.0 Å². The fraction of sp³-hybridized carbons (Fsp3) is 0.333. The maximum atomic E-state index is 12.8. The van der Waals surface area contributed by atoms with Crippen LogP contribution in [0.5, 0.6) is 0 Å². The molecule has 150 valence electrons. The van der Waals surface area contributed by atoms with Gasteiger partial charge < -0.3 is 15.3 Å². The number of ether oxygens (including phenoxy) is 1. The van der Waals surface area contributed by atoms with Crippen molar-refractivity contribution < 1.29 is 22.7 Å². The van der Waals surface area contributed by atoms with E-state index < -0.39 is 15.3 Å². The molecule has 1 aliphatic heterocycles. The normalized spacial score (nSPS) is 16.5. The predicted octanol–water partition coefficient (Wildman–Crippen LogP) is 1.46. The summed E-state index contributed by atoms with van der Waals surface area (Å²) >= 11 is 1.13. The van der Waals surface area contributed by atoms with Gasteiger partial charge in [0.1, 0.15) is 0 Å². The van der Waals surface area contributed by atoms with Gasteiger partial charge in [0.25, 0.3) is 5.03 Å². The van der Waals surface area contributed by atoms with Gasteiger partial charge in [-0.1, -0.05) is 6.07 Å². The van der Waals surface area contributed by atoms with E-state index in [9.17, 15) is 18.4 Å². The average molecular weight is 424 g/mol. The lowest BCUT2D eigenvalue weighted by atomic mass is 10.3. The zero-order valence-electron chi connectivity index (χ0n) is 15.3. The summed E-state index contributed by atoms with van der Waals surface area (Å²) in [4.78, 5) is 12.6. The minimum atomic E-state index is -3.64. The lowest BCUT2D eigenvalue weighted by Gasteiger charge is -2.26. The maximum Gasteiger partial charge on any atom is 0.252 e. The Kier molecular flexibility index (Phi) is 6.55. The van der Waals surface area contributed by atoms with Crippen LogP contribution in [0.25, 0.3) is 0 Å². The second-order valence-electron chi connectivity index (χ2n) is 6.16. The highest BCUT2D eigenvalue weighted by molar-refractivity contribution is 8.00. The molecule has 1 N–H and O–H groups in total. The Hall–Kier alpha value is -2.14. The molecule has 0 radical (unpaired) electrons. The summed E-state index contributed by atoms with van der Waals surface area (Å²) < 4.78 is 32.8. The summed E-state index contributed by atoms with van der Waals surface area (Å²) in [5.41, 5.74) is 0.384. The van der Waals surface area contributed by atoms with Gasteiger partial charge in [0, 0.05) is 30.9 Å². The number of rotatable bonds is 6. The highest BCUT2D eigenvalue weighted by atomic mass is 32.2. The Morgan fingerprint density at radius 1 is 1.25 bits per heavy atom. The van der Waals surface area contributed by atoms with E-state index in [1.54, 1.807) is 37.3 Å². The van der Waals surface area contributed by atoms with Crippen molar-refractivity contribution in [1.82, 2.24) is 4.31 Å². The van der Waals surface area contributed by atoms with E-state index in [2.05, 4.69) is 5.32 Å². The van der Waals surface area contributed by atoms with Gasteiger partial charge in [-0.3, -0.25) is 4.79 Å². The molecule has 1 amide bonds. The van der Waals surface area contributed by atoms with Crippen molar-refractivity contribution in [3.63, 3.8) is 0 Å². The van der Waals surface area contributed by atoms with Crippen LogP contribution in [0.3, 0.4) is 0 Å². The molecule has 0 unspecified atom stereocenters. The monoisotopic (exact) mass is 423 g/mol. The number of benzene rings is 1. The van der Waals surface area contributed by atoms with Crippen molar-refractivity contribution in [2.75, 3.05) is 31.6 Å². The molecule has 0 aliphatic carbocycles. The molecule has 1 fully saturated rings. The fourth-order valence-electron chi connectivity index (χ4n) is 2.65. The minimum absolute atomic E-state index is 0.118. The van der Waals surface area contributed by atoms with Crippen LogP contribution in [0.2, 0.25) is 0 Å². The molecule has 2 aromatic rings. The van der Waals surface area contributed by atoms with E-state index in [1.807, 2.05) is 0 Å². The van der Waals surface area contributed by atoms with Gasteiger partial charge in [-0.25, -0.2) is 8.42 Å². The molecule has 0 saturated carbocycles. The summed E-state index contributed by atoms with van der Waals surface area (Å²) in [7, 11) is -3.64. The molecule has 8 nitrogen and oxygen atoms in total. The first-order valence-corrected chi connectivity index (χ1v) is 11.0. The third-order valence-electron chi connectivity index (χ3n) is 4.16. The number of sulfonamides is 1. The van der Waals surface area contributed by atoms with Crippen LogP contribution in [0.15, 0.2) is 58.6 Å². The van der Waals surface area contributed by atoms with E-state index in [0.717, 1.165) is 11.8 Å². The smallest absolute Gasteiger partial charge is 0.252 e. The molecule has 1 atom stereocenters. The molecule has 2 heterocycles. The number of amides is 1. The Morgan fingerprint density at radius 3 is 2.71 bits per heavy atom. The summed E-state index contributed by atoms with van der Waals surface area (Å²) in [5, 5.41) is 14.3. The fourth-order valence-corrected chi connectivity index (χ4v) is 4.96. The first-order valence-electron chi connectivity index (χ1n) is 8.71. The van der Waals surface area contributed by atoms with Gasteiger partial charge in [-0.05, 0) is 43.0 Å². The number of nitrogens with zero attached hydrogens (tertiary/aromatic N) is 2. The number of pyridine rings is 1. The molecule has 1 aromatic carbocycles. The van der Waals surface area contributed by atoms with Crippen molar-refractivity contribution >= 4 is 33.4 Å². The third kappa shape index (κ3) is 4.82. The zero-order chi connectivity index (χ0) is 20.1. The van der Waals surface area contributed by atoms with Gasteiger partial charge in [0.2, 0.25) is 15.9 Å². The summed E-state index contributed by atoms with van der Waals surface area (Å²) in [5.74, 6) is -0.324. The first-order chi connectivity index (χ1) is 13.4. The quantitative estimate of drug-likeness (QED) is 0.429. The van der Waals surface area contributed by atoms with Crippen LogP contribution >= 0.6 is 11.8 Å². The number of morpholine rings is 1. The summed E-state index contributed by atoms with van der Waals surface area (Å²) in [6.07, 6.45) is 1.37. The average Bonchev–Trinajstić information content (AvgIpc) is 2.70. The highest BCUT2D eigenvalue weighted by Crippen LogP contribution is 2.23. The molecule has 1 aromatic heterocycles. The van der Waals surface area contributed by atoms with E-state index >= 15 is 0 Å². The van der Waals surface area contributed by atoms with E-state index in [1.165, 1.54) is 22.6 Å². The van der Waals surface area contributed by atoms with Gasteiger partial charge in [0.15, 0.2) is 6.20 Å². The van der Waals surface area contributed by atoms with Crippen molar-refractivity contribution in [3.8, 4) is 0 Å². The van der Waals surface area contributed by atoms with Gasteiger partial charge in [0.05, 0.1) is 23.4 Å². The molecule has 10 heteroatoms. The van der Waals surface area contributed by atoms with Crippen molar-refractivity contribution in [3.05, 3.63) is 53.9 Å². The Morgan fingerprint density at radius 2 is 2.00 bits per heavy atom. The largest absolute Gasteiger partial charge is 0.618 e. The van der Waals surface area contributed by atoms with E-state index in [0.29, 0.717) is 41.7 Å². The number of thioether (sulfide) groups is 1. The zero-order valence-corrected chi connectivity index (χ0v) is 16.9. The predicted molar refractivity (Wildman–Crippen MR) is 105 cm³/mol. The van der Waals surface area contributed by atoms with Crippen LogP contribution in [-0.4, -0.2) is 50.2 Å². The van der Waals surface area contributed by atoms with Crippen molar-refractivity contribution in [2.45, 2.75) is 22.1 Å². The van der Waals surface area contributed by atoms with Crippen LogP contribution in [-0.2, 0) is 19.6 Å². The maximum absolute atomic E-state index is 12.8. The number of carbonyl (C=O) groups is 1. The lowest BCUT2D eigenvalue weighted by molar-refractivity contribution is -0.645. The van der Waals surface area contributed by atoms with Crippen LogP contribution in [0, 0.1) is 5.21 Å².